The molecular weight excluding hydrogens is 326 g/mol. The highest BCUT2D eigenvalue weighted by molar-refractivity contribution is 5.79. The smallest absolute Gasteiger partial charge is 0.246 e. The van der Waals surface area contributed by atoms with Crippen molar-refractivity contribution in [3.05, 3.63) is 66.0 Å². The quantitative estimate of drug-likeness (QED) is 0.676. The molecule has 1 heterocycles. The Kier molecular flexibility index (Phi) is 6.02. The molecule has 0 unspecified atom stereocenters. The van der Waals surface area contributed by atoms with Crippen molar-refractivity contribution in [2.75, 3.05) is 13.7 Å². The van der Waals surface area contributed by atoms with Crippen LogP contribution in [0, 0.1) is 0 Å². The molecule has 136 valence electrons. The highest BCUT2D eigenvalue weighted by atomic mass is 16.5. The third-order valence-corrected chi connectivity index (χ3v) is 4.34. The Morgan fingerprint density at radius 1 is 1.15 bits per heavy atom. The van der Waals surface area contributed by atoms with Crippen LogP contribution in [-0.2, 0) is 22.5 Å². The molecule has 0 spiro atoms. The summed E-state index contributed by atoms with van der Waals surface area (Å²) in [6, 6.07) is 18.1. The molecule has 0 saturated carbocycles. The summed E-state index contributed by atoms with van der Waals surface area (Å²) in [6.45, 7) is 3.05. The Labute approximate surface area is 154 Å². The van der Waals surface area contributed by atoms with Crippen LogP contribution in [0.15, 0.2) is 54.6 Å². The van der Waals surface area contributed by atoms with E-state index in [0.717, 1.165) is 35.4 Å². The lowest BCUT2D eigenvalue weighted by atomic mass is 10.1. The third-order valence-electron chi connectivity index (χ3n) is 4.34. The zero-order chi connectivity index (χ0) is 18.4. The van der Waals surface area contributed by atoms with Gasteiger partial charge in [0, 0.05) is 13.7 Å². The number of aryl methyl sites for hydroxylation is 1. The minimum absolute atomic E-state index is 0.0410. The lowest BCUT2D eigenvalue weighted by Gasteiger charge is -2.20. The van der Waals surface area contributed by atoms with Gasteiger partial charge in [-0.1, -0.05) is 49.4 Å². The molecule has 3 aromatic rings. The van der Waals surface area contributed by atoms with Gasteiger partial charge in [-0.25, -0.2) is 4.98 Å². The van der Waals surface area contributed by atoms with E-state index in [2.05, 4.69) is 35.0 Å². The largest absolute Gasteiger partial charge is 0.375 e. The van der Waals surface area contributed by atoms with E-state index in [0.29, 0.717) is 6.42 Å². The number of rotatable bonds is 8. The molecule has 26 heavy (non-hydrogen) atoms. The number of aromatic nitrogens is 2. The summed E-state index contributed by atoms with van der Waals surface area (Å²) in [5.74, 6) is 0.755. The summed E-state index contributed by atoms with van der Waals surface area (Å²) in [6.07, 6.45) is 1.68. The van der Waals surface area contributed by atoms with Gasteiger partial charge in [-0.05, 0) is 30.5 Å². The number of hydrogen-bond acceptors (Lipinski definition) is 3. The fourth-order valence-corrected chi connectivity index (χ4v) is 3.24. The minimum Gasteiger partial charge on any atom is -0.375 e. The number of amides is 1. The van der Waals surface area contributed by atoms with Crippen molar-refractivity contribution in [3.8, 4) is 0 Å². The van der Waals surface area contributed by atoms with E-state index in [1.165, 1.54) is 7.11 Å². The zero-order valence-corrected chi connectivity index (χ0v) is 15.3. The molecule has 0 bridgehead atoms. The second kappa shape index (κ2) is 8.63. The van der Waals surface area contributed by atoms with Crippen molar-refractivity contribution in [3.63, 3.8) is 0 Å². The van der Waals surface area contributed by atoms with Crippen LogP contribution in [0.5, 0.6) is 0 Å². The molecule has 0 aliphatic rings. The second-order valence-corrected chi connectivity index (χ2v) is 6.35. The average molecular weight is 351 g/mol. The first kappa shape index (κ1) is 18.1. The maximum Gasteiger partial charge on any atom is 0.246 e. The van der Waals surface area contributed by atoms with Crippen LogP contribution >= 0.6 is 0 Å². The van der Waals surface area contributed by atoms with Crippen LogP contribution in [0.25, 0.3) is 11.0 Å². The van der Waals surface area contributed by atoms with Gasteiger partial charge in [-0.2, -0.15) is 0 Å². The van der Waals surface area contributed by atoms with Gasteiger partial charge in [0.25, 0.3) is 0 Å². The van der Waals surface area contributed by atoms with E-state index in [1.807, 2.05) is 36.4 Å². The Morgan fingerprint density at radius 3 is 2.62 bits per heavy atom. The Bertz CT molecular complexity index is 858. The van der Waals surface area contributed by atoms with Gasteiger partial charge in [0.05, 0.1) is 17.1 Å². The number of nitrogens with one attached hydrogen (secondary N) is 1. The van der Waals surface area contributed by atoms with Gasteiger partial charge < -0.3 is 14.6 Å². The molecule has 2 aromatic carbocycles. The van der Waals surface area contributed by atoms with E-state index >= 15 is 0 Å². The van der Waals surface area contributed by atoms with E-state index in [-0.39, 0.29) is 18.6 Å². The summed E-state index contributed by atoms with van der Waals surface area (Å²) < 4.78 is 7.21. The van der Waals surface area contributed by atoms with Gasteiger partial charge >= 0.3 is 0 Å². The number of carbonyl (C=O) groups is 1. The normalized spacial score (nSPS) is 12.2. The summed E-state index contributed by atoms with van der Waals surface area (Å²) in [5.41, 5.74) is 3.21. The number of hydrogen-bond donors (Lipinski definition) is 1. The number of nitrogens with zero attached hydrogens (tertiary/aromatic N) is 2. The summed E-state index contributed by atoms with van der Waals surface area (Å²) >= 11 is 0. The second-order valence-electron chi connectivity index (χ2n) is 6.35. The highest BCUT2D eigenvalue weighted by Gasteiger charge is 2.22. The predicted molar refractivity (Wildman–Crippen MR) is 103 cm³/mol. The highest BCUT2D eigenvalue weighted by Crippen LogP contribution is 2.24. The number of para-hydroxylation sites is 2. The van der Waals surface area contributed by atoms with Crippen molar-refractivity contribution < 1.29 is 9.53 Å². The van der Waals surface area contributed by atoms with Crippen LogP contribution < -0.4 is 5.32 Å². The molecule has 1 N–H and O–H groups in total. The maximum absolute atomic E-state index is 12.2. The molecule has 0 aliphatic carbocycles. The molecular formula is C21H25N3O2. The number of benzene rings is 2. The van der Waals surface area contributed by atoms with E-state index in [4.69, 9.17) is 9.72 Å². The summed E-state index contributed by atoms with van der Waals surface area (Å²) in [7, 11) is 1.53. The van der Waals surface area contributed by atoms with Crippen molar-refractivity contribution in [2.45, 2.75) is 32.4 Å². The fourth-order valence-electron chi connectivity index (χ4n) is 3.24. The standard InChI is InChI=1S/C21H25N3O2/c1-3-13-24-19-12-8-7-11-17(19)23-21(24)18(22-20(25)15-26-2)14-16-9-5-4-6-10-16/h4-12,18H,3,13-15H2,1-2H3,(H,22,25)/t18-/m1/s1. The molecule has 0 aliphatic heterocycles. The minimum atomic E-state index is -0.209. The molecule has 5 heteroatoms. The SMILES string of the molecule is CCCn1c([C@@H](Cc2ccccc2)NC(=O)COC)nc2ccccc21. The Morgan fingerprint density at radius 2 is 1.88 bits per heavy atom. The fraction of sp³-hybridized carbons (Fsp3) is 0.333. The molecule has 1 aromatic heterocycles. The van der Waals surface area contributed by atoms with Gasteiger partial charge in [0.1, 0.15) is 12.4 Å². The van der Waals surface area contributed by atoms with Crippen molar-refractivity contribution in [1.29, 1.82) is 0 Å². The van der Waals surface area contributed by atoms with Gasteiger partial charge in [0.15, 0.2) is 0 Å². The number of imidazole rings is 1. The number of ether oxygens (including phenoxy) is 1. The van der Waals surface area contributed by atoms with Gasteiger partial charge in [-0.15, -0.1) is 0 Å². The zero-order valence-electron chi connectivity index (χ0n) is 15.3. The molecule has 5 nitrogen and oxygen atoms in total. The van der Waals surface area contributed by atoms with E-state index < -0.39 is 0 Å². The van der Waals surface area contributed by atoms with Gasteiger partial charge in [0.2, 0.25) is 5.91 Å². The van der Waals surface area contributed by atoms with E-state index in [9.17, 15) is 4.79 Å². The third kappa shape index (κ3) is 4.11. The molecule has 0 radical (unpaired) electrons. The Hall–Kier alpha value is -2.66. The van der Waals surface area contributed by atoms with Crippen molar-refractivity contribution in [2.24, 2.45) is 0 Å². The molecule has 1 atom stereocenters. The van der Waals surface area contributed by atoms with Crippen LogP contribution in [0.3, 0.4) is 0 Å². The molecule has 3 rings (SSSR count). The molecule has 0 saturated heterocycles. The first-order chi connectivity index (χ1) is 12.7. The first-order valence-corrected chi connectivity index (χ1v) is 9.00. The summed E-state index contributed by atoms with van der Waals surface area (Å²) in [4.78, 5) is 17.1. The summed E-state index contributed by atoms with van der Waals surface area (Å²) in [5, 5.41) is 3.10. The number of carbonyl (C=O) groups excluding carboxylic acids is 1. The first-order valence-electron chi connectivity index (χ1n) is 9.00. The van der Waals surface area contributed by atoms with Crippen LogP contribution in [-0.4, -0.2) is 29.2 Å². The maximum atomic E-state index is 12.2. The lowest BCUT2D eigenvalue weighted by Crippen LogP contribution is -2.34. The predicted octanol–water partition coefficient (Wildman–Crippen LogP) is 3.49. The molecule has 0 fully saturated rings. The molecule has 1 amide bonds. The number of fused-ring (bicyclic) bond motifs is 1. The van der Waals surface area contributed by atoms with Crippen LogP contribution in [0.2, 0.25) is 0 Å². The van der Waals surface area contributed by atoms with Crippen LogP contribution in [0.1, 0.15) is 30.8 Å². The van der Waals surface area contributed by atoms with Gasteiger partial charge in [-0.3, -0.25) is 4.79 Å². The van der Waals surface area contributed by atoms with Crippen molar-refractivity contribution >= 4 is 16.9 Å². The van der Waals surface area contributed by atoms with Crippen LogP contribution in [0.4, 0.5) is 0 Å². The number of methoxy groups -OCH3 is 1. The monoisotopic (exact) mass is 351 g/mol. The topological polar surface area (TPSA) is 56.2 Å². The van der Waals surface area contributed by atoms with E-state index in [1.54, 1.807) is 0 Å². The average Bonchev–Trinajstić information content (AvgIpc) is 3.01. The lowest BCUT2D eigenvalue weighted by molar-refractivity contribution is -0.125. The van der Waals surface area contributed by atoms with Crippen molar-refractivity contribution in [1.82, 2.24) is 14.9 Å². The Balaban J connectivity index is 2.01.